The number of rotatable bonds is 1. The second kappa shape index (κ2) is 5.31. The Balaban J connectivity index is 2.20. The van der Waals surface area contributed by atoms with Crippen LogP contribution in [0.25, 0.3) is 0 Å². The molecule has 2 aliphatic rings. The van der Waals surface area contributed by atoms with Gasteiger partial charge in [0.15, 0.2) is 0 Å². The first-order valence-electron chi connectivity index (χ1n) is 7.16. The molecule has 128 valence electrons. The Labute approximate surface area is 133 Å². The molecule has 2 bridgehead atoms. The number of thioether (sulfide) groups is 1. The van der Waals surface area contributed by atoms with Crippen LogP contribution < -0.4 is 0 Å². The summed E-state index contributed by atoms with van der Waals surface area (Å²) in [5, 5.41) is 10.6. The average molecular weight is 356 g/mol. The summed E-state index contributed by atoms with van der Waals surface area (Å²) < 4.78 is 79.6. The van der Waals surface area contributed by atoms with E-state index in [1.165, 1.54) is 0 Å². The maximum absolute atomic E-state index is 13.3. The van der Waals surface area contributed by atoms with Crippen molar-refractivity contribution >= 4 is 11.8 Å². The molecular formula is C15H14F6OS. The first-order valence-corrected chi connectivity index (χ1v) is 8.11. The van der Waals surface area contributed by atoms with Gasteiger partial charge in [-0.25, -0.2) is 0 Å². The summed E-state index contributed by atoms with van der Waals surface area (Å²) >= 11 is 1.55. The molecule has 2 atom stereocenters. The van der Waals surface area contributed by atoms with E-state index < -0.39 is 34.6 Å². The van der Waals surface area contributed by atoms with Gasteiger partial charge in [0, 0.05) is 16.1 Å². The molecule has 0 aliphatic carbocycles. The SMILES string of the molecule is OC1(c2c(C(F)(F)F)cccc2C(F)(F)F)CC2CCC(C1)S2. The Kier molecular flexibility index (Phi) is 3.91. The van der Waals surface area contributed by atoms with Crippen LogP contribution in [0.2, 0.25) is 0 Å². The number of halogens is 6. The number of hydrogen-bond donors (Lipinski definition) is 1. The molecule has 0 amide bonds. The second-order valence-electron chi connectivity index (χ2n) is 6.12. The molecule has 0 aromatic heterocycles. The third-order valence-corrected chi connectivity index (χ3v) is 6.04. The Morgan fingerprint density at radius 1 is 0.913 bits per heavy atom. The third kappa shape index (κ3) is 3.07. The lowest BCUT2D eigenvalue weighted by Gasteiger charge is -2.39. The van der Waals surface area contributed by atoms with E-state index >= 15 is 0 Å². The molecule has 1 aromatic rings. The first kappa shape index (κ1) is 17.0. The molecule has 3 rings (SSSR count). The van der Waals surface area contributed by atoms with Gasteiger partial charge in [-0.3, -0.25) is 0 Å². The van der Waals surface area contributed by atoms with Gasteiger partial charge in [-0.1, -0.05) is 6.07 Å². The summed E-state index contributed by atoms with van der Waals surface area (Å²) in [6.07, 6.45) is -8.62. The van der Waals surface area contributed by atoms with Crippen molar-refractivity contribution in [2.45, 2.75) is 54.1 Å². The van der Waals surface area contributed by atoms with E-state index in [2.05, 4.69) is 0 Å². The fourth-order valence-corrected chi connectivity index (χ4v) is 5.48. The standard InChI is InChI=1S/C15H14F6OS/c16-14(17,18)10-2-1-3-11(15(19,20)21)12(10)13(22)6-8-4-5-9(7-13)23-8/h1-3,8-9,22H,4-7H2. The predicted octanol–water partition coefficient (Wildman–Crippen LogP) is 4.97. The largest absolute Gasteiger partial charge is 0.416 e. The van der Waals surface area contributed by atoms with Crippen molar-refractivity contribution in [3.63, 3.8) is 0 Å². The number of aliphatic hydroxyl groups is 1. The minimum absolute atomic E-state index is 0.0790. The summed E-state index contributed by atoms with van der Waals surface area (Å²) in [4.78, 5) is 0. The van der Waals surface area contributed by atoms with Crippen molar-refractivity contribution in [3.8, 4) is 0 Å². The Morgan fingerprint density at radius 3 is 1.74 bits per heavy atom. The maximum Gasteiger partial charge on any atom is 0.416 e. The number of alkyl halides is 6. The maximum atomic E-state index is 13.3. The highest BCUT2D eigenvalue weighted by Gasteiger charge is 2.52. The molecule has 2 heterocycles. The molecule has 0 saturated carbocycles. The Bertz CT molecular complexity index is 565. The molecule has 0 spiro atoms. The van der Waals surface area contributed by atoms with Crippen LogP contribution in [-0.2, 0) is 18.0 Å². The van der Waals surface area contributed by atoms with E-state index in [-0.39, 0.29) is 23.3 Å². The van der Waals surface area contributed by atoms with E-state index in [4.69, 9.17) is 0 Å². The smallest absolute Gasteiger partial charge is 0.385 e. The summed E-state index contributed by atoms with van der Waals surface area (Å²) in [5.74, 6) is 0. The lowest BCUT2D eigenvalue weighted by Crippen LogP contribution is -2.38. The highest BCUT2D eigenvalue weighted by atomic mass is 32.2. The monoisotopic (exact) mass is 356 g/mol. The molecule has 2 unspecified atom stereocenters. The van der Waals surface area contributed by atoms with Gasteiger partial charge in [-0.05, 0) is 37.8 Å². The second-order valence-corrected chi connectivity index (χ2v) is 7.73. The molecule has 1 aromatic carbocycles. The van der Waals surface area contributed by atoms with Crippen LogP contribution in [-0.4, -0.2) is 15.6 Å². The Hall–Kier alpha value is -0.890. The van der Waals surface area contributed by atoms with Crippen molar-refractivity contribution < 1.29 is 31.4 Å². The van der Waals surface area contributed by atoms with Crippen molar-refractivity contribution in [2.75, 3.05) is 0 Å². The molecule has 2 aliphatic heterocycles. The van der Waals surface area contributed by atoms with Crippen LogP contribution in [0.3, 0.4) is 0 Å². The van der Waals surface area contributed by atoms with E-state index in [0.29, 0.717) is 25.0 Å². The Morgan fingerprint density at radius 2 is 1.35 bits per heavy atom. The number of fused-ring (bicyclic) bond motifs is 2. The summed E-state index contributed by atoms with van der Waals surface area (Å²) in [6.45, 7) is 0. The normalized spacial score (nSPS) is 31.4. The minimum atomic E-state index is -4.95. The van der Waals surface area contributed by atoms with Crippen molar-refractivity contribution in [2.24, 2.45) is 0 Å². The van der Waals surface area contributed by atoms with Gasteiger partial charge in [-0.2, -0.15) is 38.1 Å². The average Bonchev–Trinajstić information content (AvgIpc) is 2.76. The minimum Gasteiger partial charge on any atom is -0.385 e. The molecule has 8 heteroatoms. The third-order valence-electron chi connectivity index (χ3n) is 4.47. The first-order chi connectivity index (χ1) is 10.5. The summed E-state index contributed by atoms with van der Waals surface area (Å²) in [7, 11) is 0. The van der Waals surface area contributed by atoms with Crippen LogP contribution in [0.1, 0.15) is 42.4 Å². The fraction of sp³-hybridized carbons (Fsp3) is 0.600. The van der Waals surface area contributed by atoms with Crippen LogP contribution in [0.15, 0.2) is 18.2 Å². The zero-order chi connectivity index (χ0) is 17.0. The lowest BCUT2D eigenvalue weighted by molar-refractivity contribution is -0.149. The quantitative estimate of drug-likeness (QED) is 0.717. The van der Waals surface area contributed by atoms with E-state index in [9.17, 15) is 31.4 Å². The molecule has 2 fully saturated rings. The van der Waals surface area contributed by atoms with Gasteiger partial charge in [0.1, 0.15) is 0 Å². The topological polar surface area (TPSA) is 20.2 Å². The van der Waals surface area contributed by atoms with Gasteiger partial charge in [0.25, 0.3) is 0 Å². The molecule has 2 saturated heterocycles. The highest BCUT2D eigenvalue weighted by Crippen LogP contribution is 2.55. The van der Waals surface area contributed by atoms with Gasteiger partial charge >= 0.3 is 12.4 Å². The van der Waals surface area contributed by atoms with Crippen molar-refractivity contribution in [1.82, 2.24) is 0 Å². The molecule has 23 heavy (non-hydrogen) atoms. The zero-order valence-corrected chi connectivity index (χ0v) is 12.7. The van der Waals surface area contributed by atoms with E-state index in [1.807, 2.05) is 0 Å². The lowest BCUT2D eigenvalue weighted by atomic mass is 9.80. The van der Waals surface area contributed by atoms with Crippen molar-refractivity contribution in [3.05, 3.63) is 34.9 Å². The van der Waals surface area contributed by atoms with Crippen molar-refractivity contribution in [1.29, 1.82) is 0 Å². The van der Waals surface area contributed by atoms with Gasteiger partial charge in [-0.15, -0.1) is 0 Å². The predicted molar refractivity (Wildman–Crippen MR) is 74.0 cm³/mol. The van der Waals surface area contributed by atoms with Crippen LogP contribution in [0, 0.1) is 0 Å². The fourth-order valence-electron chi connectivity index (χ4n) is 3.65. The molecular weight excluding hydrogens is 342 g/mol. The summed E-state index contributed by atoms with van der Waals surface area (Å²) in [6, 6.07) is 1.98. The van der Waals surface area contributed by atoms with Gasteiger partial charge in [0.2, 0.25) is 0 Å². The van der Waals surface area contributed by atoms with E-state index in [1.54, 1.807) is 11.8 Å². The molecule has 1 nitrogen and oxygen atoms in total. The highest BCUT2D eigenvalue weighted by molar-refractivity contribution is 8.00. The zero-order valence-electron chi connectivity index (χ0n) is 11.8. The van der Waals surface area contributed by atoms with Crippen LogP contribution in [0.4, 0.5) is 26.3 Å². The summed E-state index contributed by atoms with van der Waals surface area (Å²) in [5.41, 5.74) is -5.87. The van der Waals surface area contributed by atoms with E-state index in [0.717, 1.165) is 6.07 Å². The number of hydrogen-bond acceptors (Lipinski definition) is 2. The van der Waals surface area contributed by atoms with Gasteiger partial charge < -0.3 is 5.11 Å². The molecule has 0 radical (unpaired) electrons. The van der Waals surface area contributed by atoms with Gasteiger partial charge in [0.05, 0.1) is 16.7 Å². The number of benzene rings is 1. The molecule has 1 N–H and O–H groups in total. The van der Waals surface area contributed by atoms with Crippen LogP contribution in [0.5, 0.6) is 0 Å². The van der Waals surface area contributed by atoms with Crippen LogP contribution >= 0.6 is 11.8 Å².